The second-order valence-electron chi connectivity index (χ2n) is 5.81. The number of hydrogen-bond acceptors (Lipinski definition) is 3. The molecule has 24 heavy (non-hydrogen) atoms. The maximum Gasteiger partial charge on any atom is 0.406 e. The summed E-state index contributed by atoms with van der Waals surface area (Å²) in [6, 6.07) is 5.54. The molecule has 132 valence electrons. The van der Waals surface area contributed by atoms with E-state index in [1.165, 1.54) is 24.3 Å². The summed E-state index contributed by atoms with van der Waals surface area (Å²) in [5, 5.41) is 8.58. The van der Waals surface area contributed by atoms with Crippen molar-refractivity contribution in [3.63, 3.8) is 0 Å². The van der Waals surface area contributed by atoms with Gasteiger partial charge in [0.15, 0.2) is 6.61 Å². The van der Waals surface area contributed by atoms with Crippen molar-refractivity contribution in [3.8, 4) is 5.75 Å². The molecule has 5 nitrogen and oxygen atoms in total. The molecule has 8 heteroatoms. The highest BCUT2D eigenvalue weighted by atomic mass is 19.4. The van der Waals surface area contributed by atoms with Crippen LogP contribution in [0.2, 0.25) is 0 Å². The van der Waals surface area contributed by atoms with Crippen molar-refractivity contribution in [2.75, 3.05) is 19.7 Å². The fourth-order valence-electron chi connectivity index (χ4n) is 2.47. The summed E-state index contributed by atoms with van der Waals surface area (Å²) in [5.74, 6) is -1.70. The number of nitrogens with zero attached hydrogens (tertiary/aromatic N) is 1. The number of benzene rings is 1. The van der Waals surface area contributed by atoms with Crippen molar-refractivity contribution in [3.05, 3.63) is 29.8 Å². The lowest BCUT2D eigenvalue weighted by Gasteiger charge is -2.33. The Morgan fingerprint density at radius 2 is 2.00 bits per heavy atom. The molecule has 1 amide bonds. The van der Waals surface area contributed by atoms with Crippen LogP contribution < -0.4 is 4.74 Å². The number of aliphatic carboxylic acids is 1. The van der Waals surface area contributed by atoms with Crippen molar-refractivity contribution in [2.24, 2.45) is 5.92 Å². The van der Waals surface area contributed by atoms with E-state index in [-0.39, 0.29) is 23.8 Å². The molecule has 0 heterocycles. The third kappa shape index (κ3) is 5.43. The minimum atomic E-state index is -4.48. The number of rotatable bonds is 7. The molecule has 1 aromatic carbocycles. The Labute approximate surface area is 137 Å². The van der Waals surface area contributed by atoms with Crippen LogP contribution in [-0.2, 0) is 4.79 Å². The van der Waals surface area contributed by atoms with Crippen LogP contribution in [0.5, 0.6) is 5.75 Å². The van der Waals surface area contributed by atoms with Gasteiger partial charge in [-0.25, -0.2) is 4.79 Å². The summed E-state index contributed by atoms with van der Waals surface area (Å²) in [6.45, 7) is -1.83. The number of carbonyl (C=O) groups is 2. The lowest BCUT2D eigenvalue weighted by atomic mass is 9.85. The highest BCUT2D eigenvalue weighted by molar-refractivity contribution is 5.94. The van der Waals surface area contributed by atoms with Gasteiger partial charge in [0.25, 0.3) is 5.91 Å². The molecule has 1 fully saturated rings. The molecular weight excluding hydrogens is 327 g/mol. The Balaban J connectivity index is 2.11. The highest BCUT2D eigenvalue weighted by Crippen LogP contribution is 2.29. The Morgan fingerprint density at radius 1 is 1.29 bits per heavy atom. The first kappa shape index (κ1) is 18.1. The number of ether oxygens (including phenoxy) is 1. The van der Waals surface area contributed by atoms with E-state index in [0.717, 1.165) is 24.2 Å². The van der Waals surface area contributed by atoms with Crippen LogP contribution in [-0.4, -0.2) is 47.8 Å². The van der Waals surface area contributed by atoms with Crippen molar-refractivity contribution < 1.29 is 32.6 Å². The van der Waals surface area contributed by atoms with E-state index >= 15 is 0 Å². The number of carbonyl (C=O) groups excluding carboxylic acids is 1. The Hall–Kier alpha value is -2.25. The first-order valence-corrected chi connectivity index (χ1v) is 7.55. The van der Waals surface area contributed by atoms with Crippen LogP contribution in [0.4, 0.5) is 13.2 Å². The SMILES string of the molecule is O=C(O)COc1cccc(C(=O)N(CC2CCC2)CC(F)(F)F)c1. The van der Waals surface area contributed by atoms with Gasteiger partial charge in [-0.15, -0.1) is 0 Å². The molecule has 0 spiro atoms. The first-order chi connectivity index (χ1) is 11.2. The predicted octanol–water partition coefficient (Wildman–Crippen LogP) is 2.95. The normalized spacial score (nSPS) is 14.8. The minimum Gasteiger partial charge on any atom is -0.482 e. The maximum absolute atomic E-state index is 12.8. The number of carboxylic acids is 1. The maximum atomic E-state index is 12.8. The Bertz CT molecular complexity index is 599. The predicted molar refractivity (Wildman–Crippen MR) is 78.9 cm³/mol. The second-order valence-corrected chi connectivity index (χ2v) is 5.81. The van der Waals surface area contributed by atoms with Gasteiger partial charge >= 0.3 is 12.1 Å². The summed E-state index contributed by atoms with van der Waals surface area (Å²) in [5.41, 5.74) is 0.0430. The van der Waals surface area contributed by atoms with Crippen LogP contribution in [0, 0.1) is 5.92 Å². The Kier molecular flexibility index (Phi) is 5.69. The number of alkyl halides is 3. The van der Waals surface area contributed by atoms with Crippen molar-refractivity contribution in [1.82, 2.24) is 4.90 Å². The lowest BCUT2D eigenvalue weighted by Crippen LogP contribution is -2.43. The fourth-order valence-corrected chi connectivity index (χ4v) is 2.47. The van der Waals surface area contributed by atoms with Gasteiger partial charge in [-0.1, -0.05) is 12.5 Å². The van der Waals surface area contributed by atoms with E-state index in [1.807, 2.05) is 0 Å². The number of amides is 1. The van der Waals surface area contributed by atoms with E-state index in [1.54, 1.807) is 0 Å². The van der Waals surface area contributed by atoms with E-state index in [0.29, 0.717) is 0 Å². The van der Waals surface area contributed by atoms with Gasteiger partial charge in [0, 0.05) is 12.1 Å². The van der Waals surface area contributed by atoms with Crippen molar-refractivity contribution in [2.45, 2.75) is 25.4 Å². The zero-order chi connectivity index (χ0) is 17.7. The molecule has 1 aliphatic carbocycles. The van der Waals surface area contributed by atoms with Gasteiger partial charge in [-0.3, -0.25) is 4.79 Å². The molecule has 0 saturated heterocycles. The largest absolute Gasteiger partial charge is 0.482 e. The van der Waals surface area contributed by atoms with Crippen LogP contribution >= 0.6 is 0 Å². The molecule has 2 rings (SSSR count). The Morgan fingerprint density at radius 3 is 2.54 bits per heavy atom. The van der Waals surface area contributed by atoms with Gasteiger partial charge in [-0.2, -0.15) is 13.2 Å². The molecule has 0 atom stereocenters. The summed E-state index contributed by atoms with van der Waals surface area (Å²) in [4.78, 5) is 23.7. The first-order valence-electron chi connectivity index (χ1n) is 7.55. The number of carboxylic acid groups (broad SMARTS) is 1. The smallest absolute Gasteiger partial charge is 0.406 e. The third-order valence-corrected chi connectivity index (χ3v) is 3.80. The van der Waals surface area contributed by atoms with Gasteiger partial charge in [0.2, 0.25) is 0 Å². The molecule has 0 aliphatic heterocycles. The third-order valence-electron chi connectivity index (χ3n) is 3.80. The summed E-state index contributed by atoms with van der Waals surface area (Å²) in [7, 11) is 0. The van der Waals surface area contributed by atoms with Crippen LogP contribution in [0.15, 0.2) is 24.3 Å². The van der Waals surface area contributed by atoms with Gasteiger partial charge in [-0.05, 0) is 37.0 Å². The molecule has 1 aromatic rings. The average molecular weight is 345 g/mol. The molecule has 1 aliphatic rings. The van der Waals surface area contributed by atoms with E-state index in [4.69, 9.17) is 9.84 Å². The van der Waals surface area contributed by atoms with Crippen LogP contribution in [0.25, 0.3) is 0 Å². The quantitative estimate of drug-likeness (QED) is 0.825. The van der Waals surface area contributed by atoms with Gasteiger partial charge in [0.1, 0.15) is 12.3 Å². The van der Waals surface area contributed by atoms with E-state index in [2.05, 4.69) is 0 Å². The number of halogens is 3. The summed E-state index contributed by atoms with van der Waals surface area (Å²) < 4.78 is 43.2. The van der Waals surface area contributed by atoms with Crippen LogP contribution in [0.1, 0.15) is 29.6 Å². The molecule has 0 unspecified atom stereocenters. The minimum absolute atomic E-state index is 0.0430. The monoisotopic (exact) mass is 345 g/mol. The fraction of sp³-hybridized carbons (Fsp3) is 0.500. The van der Waals surface area contributed by atoms with Gasteiger partial charge < -0.3 is 14.7 Å². The van der Waals surface area contributed by atoms with Crippen LogP contribution in [0.3, 0.4) is 0 Å². The summed E-state index contributed by atoms with van der Waals surface area (Å²) in [6.07, 6.45) is -1.86. The highest BCUT2D eigenvalue weighted by Gasteiger charge is 2.35. The van der Waals surface area contributed by atoms with E-state index in [9.17, 15) is 22.8 Å². The number of hydrogen-bond donors (Lipinski definition) is 1. The lowest BCUT2D eigenvalue weighted by molar-refractivity contribution is -0.142. The van der Waals surface area contributed by atoms with Crippen molar-refractivity contribution >= 4 is 11.9 Å². The second kappa shape index (κ2) is 7.55. The topological polar surface area (TPSA) is 66.8 Å². The molecule has 0 radical (unpaired) electrons. The molecular formula is C16H18F3NO4. The molecule has 0 bridgehead atoms. The average Bonchev–Trinajstić information content (AvgIpc) is 2.46. The molecule has 1 N–H and O–H groups in total. The molecule has 0 aromatic heterocycles. The standard InChI is InChI=1S/C16H18F3NO4/c17-16(18,19)10-20(8-11-3-1-4-11)15(23)12-5-2-6-13(7-12)24-9-14(21)22/h2,5-7,11H,1,3-4,8-10H2,(H,21,22). The molecule has 1 saturated carbocycles. The summed E-state index contributed by atoms with van der Waals surface area (Å²) >= 11 is 0. The van der Waals surface area contributed by atoms with E-state index < -0.39 is 31.2 Å². The zero-order valence-electron chi connectivity index (χ0n) is 12.9. The van der Waals surface area contributed by atoms with Crippen molar-refractivity contribution in [1.29, 1.82) is 0 Å². The van der Waals surface area contributed by atoms with Gasteiger partial charge in [0.05, 0.1) is 0 Å². The zero-order valence-corrected chi connectivity index (χ0v) is 12.9.